The summed E-state index contributed by atoms with van der Waals surface area (Å²) in [5.41, 5.74) is 2.10. The van der Waals surface area contributed by atoms with Crippen LogP contribution in [0.1, 0.15) is 37.3 Å². The number of para-hydroxylation sites is 1. The largest absolute Gasteiger partial charge is 0.490 e. The predicted octanol–water partition coefficient (Wildman–Crippen LogP) is 4.94. The molecule has 9 heteroatoms. The Balaban J connectivity index is 1.66. The van der Waals surface area contributed by atoms with Crippen LogP contribution in [0.2, 0.25) is 0 Å². The van der Waals surface area contributed by atoms with Crippen molar-refractivity contribution in [2.24, 2.45) is 5.10 Å². The van der Waals surface area contributed by atoms with Gasteiger partial charge in [0.1, 0.15) is 0 Å². The van der Waals surface area contributed by atoms with Crippen LogP contribution in [-0.4, -0.2) is 43.3 Å². The molecule has 0 spiro atoms. The van der Waals surface area contributed by atoms with Crippen LogP contribution in [0.25, 0.3) is 0 Å². The van der Waals surface area contributed by atoms with Crippen LogP contribution < -0.4 is 14.9 Å². The standard InChI is InChI=1S/C23H26F3N3O3/c1-2-31-21-14-17(15-27-28-19-9-5-4-8-18(19)23(24,25)26)10-11-20(21)32-16-22(30)29-12-6-3-7-13-29/h4-5,8-11,14-15,28H,2-3,6-7,12-13,16H2,1H3/b27-15-. The fourth-order valence-electron chi connectivity index (χ4n) is 3.37. The molecule has 1 N–H and O–H groups in total. The van der Waals surface area contributed by atoms with Gasteiger partial charge in [0.2, 0.25) is 0 Å². The molecule has 0 aliphatic carbocycles. The lowest BCUT2D eigenvalue weighted by Crippen LogP contribution is -2.38. The Kier molecular flexibility index (Phi) is 7.97. The highest BCUT2D eigenvalue weighted by molar-refractivity contribution is 5.82. The van der Waals surface area contributed by atoms with Gasteiger partial charge < -0.3 is 14.4 Å². The van der Waals surface area contributed by atoms with Crippen LogP contribution in [0.3, 0.4) is 0 Å². The van der Waals surface area contributed by atoms with Crippen molar-refractivity contribution < 1.29 is 27.4 Å². The van der Waals surface area contributed by atoms with Gasteiger partial charge in [-0.25, -0.2) is 0 Å². The van der Waals surface area contributed by atoms with Crippen molar-refractivity contribution in [1.29, 1.82) is 0 Å². The number of alkyl halides is 3. The Hall–Kier alpha value is -3.23. The lowest BCUT2D eigenvalue weighted by Gasteiger charge is -2.26. The zero-order valence-corrected chi connectivity index (χ0v) is 17.8. The number of piperidine rings is 1. The number of nitrogens with one attached hydrogen (secondary N) is 1. The highest BCUT2D eigenvalue weighted by Crippen LogP contribution is 2.34. The zero-order chi connectivity index (χ0) is 23.0. The van der Waals surface area contributed by atoms with Crippen molar-refractivity contribution in [3.05, 3.63) is 53.6 Å². The second kappa shape index (κ2) is 10.9. The number of hydrazone groups is 1. The molecule has 2 aromatic carbocycles. The summed E-state index contributed by atoms with van der Waals surface area (Å²) in [6, 6.07) is 10.1. The Labute approximate surface area is 185 Å². The van der Waals surface area contributed by atoms with Gasteiger partial charge in [0, 0.05) is 13.1 Å². The van der Waals surface area contributed by atoms with Crippen molar-refractivity contribution in [1.82, 2.24) is 4.90 Å². The van der Waals surface area contributed by atoms with Gasteiger partial charge in [0.15, 0.2) is 18.1 Å². The third-order valence-electron chi connectivity index (χ3n) is 4.96. The van der Waals surface area contributed by atoms with Crippen LogP contribution >= 0.6 is 0 Å². The summed E-state index contributed by atoms with van der Waals surface area (Å²) in [7, 11) is 0. The number of hydrogen-bond acceptors (Lipinski definition) is 5. The van der Waals surface area contributed by atoms with Crippen LogP contribution in [0.4, 0.5) is 18.9 Å². The fourth-order valence-corrected chi connectivity index (χ4v) is 3.37. The molecule has 0 saturated carbocycles. The van der Waals surface area contributed by atoms with Crippen LogP contribution in [0.5, 0.6) is 11.5 Å². The van der Waals surface area contributed by atoms with Crippen LogP contribution in [0.15, 0.2) is 47.6 Å². The predicted molar refractivity (Wildman–Crippen MR) is 116 cm³/mol. The molecule has 1 aliphatic rings. The fraction of sp³-hybridized carbons (Fsp3) is 0.391. The number of carbonyl (C=O) groups excluding carboxylic acids is 1. The maximum absolute atomic E-state index is 13.1. The Morgan fingerprint density at radius 3 is 2.56 bits per heavy atom. The van der Waals surface area contributed by atoms with Gasteiger partial charge in [-0.15, -0.1) is 0 Å². The molecule has 1 heterocycles. The molecular weight excluding hydrogens is 423 g/mol. The molecule has 0 unspecified atom stereocenters. The molecule has 2 aromatic rings. The first-order valence-corrected chi connectivity index (χ1v) is 10.5. The number of ether oxygens (including phenoxy) is 2. The van der Waals surface area contributed by atoms with Gasteiger partial charge in [-0.2, -0.15) is 18.3 Å². The monoisotopic (exact) mass is 449 g/mol. The number of likely N-dealkylation sites (tertiary alicyclic amines) is 1. The van der Waals surface area contributed by atoms with E-state index in [1.54, 1.807) is 23.1 Å². The summed E-state index contributed by atoms with van der Waals surface area (Å²) < 4.78 is 50.5. The summed E-state index contributed by atoms with van der Waals surface area (Å²) in [5.74, 6) is 0.786. The normalized spacial score (nSPS) is 14.4. The molecule has 3 rings (SSSR count). The van der Waals surface area contributed by atoms with E-state index in [1.165, 1.54) is 24.4 Å². The summed E-state index contributed by atoms with van der Waals surface area (Å²) in [4.78, 5) is 14.1. The highest BCUT2D eigenvalue weighted by atomic mass is 19.4. The maximum atomic E-state index is 13.1. The average Bonchev–Trinajstić information content (AvgIpc) is 2.79. The molecule has 1 fully saturated rings. The van der Waals surface area contributed by atoms with Gasteiger partial charge >= 0.3 is 6.18 Å². The lowest BCUT2D eigenvalue weighted by molar-refractivity contribution is -0.137. The molecule has 0 aromatic heterocycles. The third-order valence-corrected chi connectivity index (χ3v) is 4.96. The van der Waals surface area contributed by atoms with Crippen molar-refractivity contribution in [2.45, 2.75) is 32.4 Å². The lowest BCUT2D eigenvalue weighted by atomic mass is 10.1. The summed E-state index contributed by atoms with van der Waals surface area (Å²) in [6.45, 7) is 3.62. The number of halogens is 3. The molecule has 32 heavy (non-hydrogen) atoms. The Morgan fingerprint density at radius 2 is 1.84 bits per heavy atom. The molecule has 1 saturated heterocycles. The van der Waals surface area contributed by atoms with Gasteiger partial charge in [-0.3, -0.25) is 10.2 Å². The summed E-state index contributed by atoms with van der Waals surface area (Å²) in [6.07, 6.45) is 0.0554. The number of nitrogens with zero attached hydrogens (tertiary/aromatic N) is 2. The minimum atomic E-state index is -4.48. The highest BCUT2D eigenvalue weighted by Gasteiger charge is 2.33. The minimum Gasteiger partial charge on any atom is -0.490 e. The topological polar surface area (TPSA) is 63.2 Å². The van der Waals surface area contributed by atoms with Crippen molar-refractivity contribution in [2.75, 3.05) is 31.7 Å². The van der Waals surface area contributed by atoms with Gasteiger partial charge in [-0.05, 0) is 62.1 Å². The van der Waals surface area contributed by atoms with E-state index in [-0.39, 0.29) is 18.2 Å². The molecular formula is C23H26F3N3O3. The van der Waals surface area contributed by atoms with E-state index in [0.29, 0.717) is 23.7 Å². The number of hydrogen-bond donors (Lipinski definition) is 1. The van der Waals surface area contributed by atoms with E-state index in [1.807, 2.05) is 6.92 Å². The first-order chi connectivity index (χ1) is 15.4. The van der Waals surface area contributed by atoms with Crippen molar-refractivity contribution in [3.8, 4) is 11.5 Å². The number of benzene rings is 2. The number of rotatable bonds is 8. The molecule has 0 radical (unpaired) electrons. The van der Waals surface area contributed by atoms with Crippen LogP contribution in [0, 0.1) is 0 Å². The quantitative estimate of drug-likeness (QED) is 0.458. The third kappa shape index (κ3) is 6.38. The number of amides is 1. The van der Waals surface area contributed by atoms with E-state index in [9.17, 15) is 18.0 Å². The van der Waals surface area contributed by atoms with Crippen molar-refractivity contribution in [3.63, 3.8) is 0 Å². The van der Waals surface area contributed by atoms with Crippen LogP contribution in [-0.2, 0) is 11.0 Å². The number of carbonyl (C=O) groups is 1. The Bertz CT molecular complexity index is 942. The molecule has 0 bridgehead atoms. The molecule has 1 aliphatic heterocycles. The van der Waals surface area contributed by atoms with E-state index in [2.05, 4.69) is 10.5 Å². The van der Waals surface area contributed by atoms with Gasteiger partial charge in [0.25, 0.3) is 5.91 Å². The van der Waals surface area contributed by atoms with E-state index in [4.69, 9.17) is 9.47 Å². The van der Waals surface area contributed by atoms with Gasteiger partial charge in [-0.1, -0.05) is 12.1 Å². The second-order valence-corrected chi connectivity index (χ2v) is 7.28. The molecule has 0 atom stereocenters. The maximum Gasteiger partial charge on any atom is 0.418 e. The zero-order valence-electron chi connectivity index (χ0n) is 17.8. The van der Waals surface area contributed by atoms with E-state index in [0.717, 1.165) is 38.4 Å². The van der Waals surface area contributed by atoms with Crippen molar-refractivity contribution >= 4 is 17.8 Å². The first-order valence-electron chi connectivity index (χ1n) is 10.5. The molecule has 172 valence electrons. The van der Waals surface area contributed by atoms with Gasteiger partial charge in [0.05, 0.1) is 24.1 Å². The minimum absolute atomic E-state index is 0.0645. The average molecular weight is 449 g/mol. The molecule has 6 nitrogen and oxygen atoms in total. The number of anilines is 1. The SMILES string of the molecule is CCOc1cc(/C=N\Nc2ccccc2C(F)(F)F)ccc1OCC(=O)N1CCCCC1. The summed E-state index contributed by atoms with van der Waals surface area (Å²) in [5, 5.41) is 3.92. The summed E-state index contributed by atoms with van der Waals surface area (Å²) >= 11 is 0. The van der Waals surface area contributed by atoms with E-state index < -0.39 is 11.7 Å². The van der Waals surface area contributed by atoms with E-state index >= 15 is 0 Å². The second-order valence-electron chi connectivity index (χ2n) is 7.28. The first kappa shape index (κ1) is 23.4. The smallest absolute Gasteiger partial charge is 0.418 e. The Morgan fingerprint density at radius 1 is 1.09 bits per heavy atom. The molecule has 1 amide bonds.